The van der Waals surface area contributed by atoms with Crippen LogP contribution in [0.5, 0.6) is 0 Å². The van der Waals surface area contributed by atoms with E-state index in [2.05, 4.69) is 76.4 Å². The first-order valence-corrected chi connectivity index (χ1v) is 12.3. The molecule has 0 fully saturated rings. The molecule has 0 bridgehead atoms. The van der Waals surface area contributed by atoms with E-state index in [1.54, 1.807) is 12.2 Å². The highest BCUT2D eigenvalue weighted by Crippen LogP contribution is 2.23. The summed E-state index contributed by atoms with van der Waals surface area (Å²) in [6.07, 6.45) is 6.73. The van der Waals surface area contributed by atoms with Gasteiger partial charge in [0, 0.05) is 25.2 Å². The fourth-order valence-corrected chi connectivity index (χ4v) is 3.37. The Balaban J connectivity index is 1.79. The number of carbonyl (C=O) groups is 2. The monoisotopic (exact) mass is 474 g/mol. The van der Waals surface area contributed by atoms with Gasteiger partial charge in [-0.05, 0) is 50.7 Å². The summed E-state index contributed by atoms with van der Waals surface area (Å²) in [5.41, 5.74) is 4.42. The molecule has 2 amide bonds. The van der Waals surface area contributed by atoms with Gasteiger partial charge in [-0.2, -0.15) is 0 Å². The molecule has 2 N–H and O–H groups in total. The summed E-state index contributed by atoms with van der Waals surface area (Å²) in [6, 6.07) is 16.5. The van der Waals surface area contributed by atoms with Crippen LogP contribution in [0.1, 0.15) is 77.6 Å². The van der Waals surface area contributed by atoms with E-state index < -0.39 is 0 Å². The second-order valence-electron chi connectivity index (χ2n) is 12.0. The Bertz CT molecular complexity index is 960. The number of rotatable bonds is 8. The third-order valence-electron chi connectivity index (χ3n) is 5.89. The van der Waals surface area contributed by atoms with Crippen LogP contribution in [0.3, 0.4) is 0 Å². The van der Waals surface area contributed by atoms with Gasteiger partial charge >= 0.3 is 0 Å². The lowest BCUT2D eigenvalue weighted by atomic mass is 9.87. The zero-order chi connectivity index (χ0) is 26.3. The average Bonchev–Trinajstić information content (AvgIpc) is 2.78. The predicted octanol–water partition coefficient (Wildman–Crippen LogP) is 6.27. The van der Waals surface area contributed by atoms with Gasteiger partial charge in [0.15, 0.2) is 0 Å². The summed E-state index contributed by atoms with van der Waals surface area (Å²) in [4.78, 5) is 24.6. The lowest BCUT2D eigenvalue weighted by Gasteiger charge is -2.24. The Morgan fingerprint density at radius 3 is 1.20 bits per heavy atom. The van der Waals surface area contributed by atoms with Gasteiger partial charge in [0.1, 0.15) is 0 Å². The van der Waals surface area contributed by atoms with E-state index in [0.717, 1.165) is 11.1 Å². The van der Waals surface area contributed by atoms with Crippen LogP contribution in [-0.2, 0) is 20.4 Å². The van der Waals surface area contributed by atoms with Crippen molar-refractivity contribution in [2.75, 3.05) is 13.1 Å². The highest BCUT2D eigenvalue weighted by atomic mass is 16.2. The van der Waals surface area contributed by atoms with Crippen LogP contribution in [0, 0.1) is 5.41 Å². The van der Waals surface area contributed by atoms with Crippen LogP contribution in [0.2, 0.25) is 0 Å². The fraction of sp³-hybridized carbons (Fsp3) is 0.419. The molecule has 2 rings (SSSR count). The molecule has 0 aliphatic rings. The Labute approximate surface area is 211 Å². The Morgan fingerprint density at radius 1 is 0.600 bits per heavy atom. The van der Waals surface area contributed by atoms with Crippen LogP contribution in [0.4, 0.5) is 0 Å². The maximum Gasteiger partial charge on any atom is 0.244 e. The molecule has 0 aliphatic heterocycles. The molecule has 0 saturated heterocycles. The molecule has 4 heteroatoms. The molecule has 0 heterocycles. The SMILES string of the molecule is CC(C)(CNC(=O)C=Cc1ccc(C(C)(C)C)cc1)CNC(=O)C=Cc1ccc(C(C)(C)C)cc1. The zero-order valence-corrected chi connectivity index (χ0v) is 22.7. The predicted molar refractivity (Wildman–Crippen MR) is 148 cm³/mol. The van der Waals surface area contributed by atoms with Crippen molar-refractivity contribution in [1.82, 2.24) is 10.6 Å². The Morgan fingerprint density at radius 2 is 0.914 bits per heavy atom. The van der Waals surface area contributed by atoms with Crippen LogP contribution in [0.25, 0.3) is 12.2 Å². The molecule has 0 unspecified atom stereocenters. The molecule has 2 aromatic rings. The molecule has 0 atom stereocenters. The van der Waals surface area contributed by atoms with Crippen molar-refractivity contribution in [2.24, 2.45) is 5.41 Å². The van der Waals surface area contributed by atoms with Crippen LogP contribution in [-0.4, -0.2) is 24.9 Å². The lowest BCUT2D eigenvalue weighted by molar-refractivity contribution is -0.116. The fourth-order valence-electron chi connectivity index (χ4n) is 3.37. The molecular weight excluding hydrogens is 432 g/mol. The molecule has 2 aromatic carbocycles. The van der Waals surface area contributed by atoms with E-state index in [0.29, 0.717) is 13.1 Å². The van der Waals surface area contributed by atoms with Crippen molar-refractivity contribution in [1.29, 1.82) is 0 Å². The van der Waals surface area contributed by atoms with Crippen molar-refractivity contribution in [3.8, 4) is 0 Å². The normalized spacial score (nSPS) is 12.8. The van der Waals surface area contributed by atoms with Gasteiger partial charge in [-0.15, -0.1) is 0 Å². The van der Waals surface area contributed by atoms with Crippen molar-refractivity contribution < 1.29 is 9.59 Å². The van der Waals surface area contributed by atoms with Crippen LogP contribution >= 0.6 is 0 Å². The van der Waals surface area contributed by atoms with Crippen molar-refractivity contribution in [3.05, 3.63) is 82.9 Å². The molecular formula is C31H42N2O2. The number of carbonyl (C=O) groups excluding carboxylic acids is 2. The van der Waals surface area contributed by atoms with Gasteiger partial charge in [-0.1, -0.05) is 104 Å². The molecule has 0 radical (unpaired) electrons. The summed E-state index contributed by atoms with van der Waals surface area (Å²) >= 11 is 0. The maximum atomic E-state index is 12.3. The first kappa shape index (κ1) is 28.1. The third kappa shape index (κ3) is 9.94. The molecule has 4 nitrogen and oxygen atoms in total. The number of hydrogen-bond acceptors (Lipinski definition) is 2. The molecule has 188 valence electrons. The molecule has 0 aromatic heterocycles. The molecule has 0 saturated carbocycles. The van der Waals surface area contributed by atoms with Crippen molar-refractivity contribution >= 4 is 24.0 Å². The third-order valence-corrected chi connectivity index (χ3v) is 5.89. The zero-order valence-electron chi connectivity index (χ0n) is 22.7. The number of hydrogen-bond donors (Lipinski definition) is 2. The van der Waals surface area contributed by atoms with Gasteiger partial charge in [-0.3, -0.25) is 9.59 Å². The Hall–Kier alpha value is -3.14. The summed E-state index contributed by atoms with van der Waals surface area (Å²) in [5, 5.41) is 5.87. The van der Waals surface area contributed by atoms with Crippen LogP contribution < -0.4 is 10.6 Å². The van der Waals surface area contributed by atoms with Crippen LogP contribution in [0.15, 0.2) is 60.7 Å². The van der Waals surface area contributed by atoms with Gasteiger partial charge in [0.2, 0.25) is 11.8 Å². The first-order valence-electron chi connectivity index (χ1n) is 12.3. The van der Waals surface area contributed by atoms with Gasteiger partial charge in [-0.25, -0.2) is 0 Å². The first-order chi connectivity index (χ1) is 16.2. The van der Waals surface area contributed by atoms with Gasteiger partial charge in [0.25, 0.3) is 0 Å². The largest absolute Gasteiger partial charge is 0.352 e. The van der Waals surface area contributed by atoms with Crippen molar-refractivity contribution in [2.45, 2.75) is 66.2 Å². The minimum Gasteiger partial charge on any atom is -0.352 e. The standard InChI is InChI=1S/C31H42N2O2/c1-29(2,3)25-15-9-23(10-16-25)13-19-27(34)32-21-31(7,8)22-33-28(35)20-14-24-11-17-26(18-12-24)30(4,5)6/h9-20H,21-22H2,1-8H3,(H,32,34)(H,33,35). The number of benzene rings is 2. The van der Waals surface area contributed by atoms with E-state index in [-0.39, 0.29) is 28.1 Å². The smallest absolute Gasteiger partial charge is 0.244 e. The van der Waals surface area contributed by atoms with E-state index >= 15 is 0 Å². The second-order valence-corrected chi connectivity index (χ2v) is 12.0. The highest BCUT2D eigenvalue weighted by molar-refractivity contribution is 5.92. The highest BCUT2D eigenvalue weighted by Gasteiger charge is 2.19. The van der Waals surface area contributed by atoms with E-state index in [4.69, 9.17) is 0 Å². The summed E-state index contributed by atoms with van der Waals surface area (Å²) in [5.74, 6) is -0.300. The van der Waals surface area contributed by atoms with E-state index in [9.17, 15) is 9.59 Å². The van der Waals surface area contributed by atoms with E-state index in [1.807, 2.05) is 50.3 Å². The summed E-state index contributed by atoms with van der Waals surface area (Å²) < 4.78 is 0. The summed E-state index contributed by atoms with van der Waals surface area (Å²) in [6.45, 7) is 18.0. The summed E-state index contributed by atoms with van der Waals surface area (Å²) in [7, 11) is 0. The number of amides is 2. The molecule has 0 aliphatic carbocycles. The Kier molecular flexibility index (Phi) is 9.25. The molecule has 0 spiro atoms. The average molecular weight is 475 g/mol. The molecule has 35 heavy (non-hydrogen) atoms. The van der Waals surface area contributed by atoms with Gasteiger partial charge in [0.05, 0.1) is 0 Å². The second kappa shape index (κ2) is 11.5. The van der Waals surface area contributed by atoms with Crippen molar-refractivity contribution in [3.63, 3.8) is 0 Å². The quantitative estimate of drug-likeness (QED) is 0.443. The maximum absolute atomic E-state index is 12.3. The van der Waals surface area contributed by atoms with Gasteiger partial charge < -0.3 is 10.6 Å². The lowest BCUT2D eigenvalue weighted by Crippen LogP contribution is -2.41. The topological polar surface area (TPSA) is 58.2 Å². The number of nitrogens with one attached hydrogen (secondary N) is 2. The van der Waals surface area contributed by atoms with E-state index in [1.165, 1.54) is 11.1 Å². The minimum absolute atomic E-state index is 0.105. The minimum atomic E-state index is -0.282.